The van der Waals surface area contributed by atoms with Crippen LogP contribution in [-0.4, -0.2) is 17.8 Å². The average Bonchev–Trinajstić information content (AvgIpc) is 2.24. The number of nitrogens with two attached hydrogens (primary N) is 1. The van der Waals surface area contributed by atoms with Crippen molar-refractivity contribution in [3.63, 3.8) is 0 Å². The van der Waals surface area contributed by atoms with E-state index in [2.05, 4.69) is 5.32 Å². The second-order valence-corrected chi connectivity index (χ2v) is 3.89. The van der Waals surface area contributed by atoms with Crippen LogP contribution in [0.15, 0.2) is 18.2 Å². The van der Waals surface area contributed by atoms with Gasteiger partial charge in [-0.2, -0.15) is 0 Å². The summed E-state index contributed by atoms with van der Waals surface area (Å²) in [4.78, 5) is 0. The highest BCUT2D eigenvalue weighted by Crippen LogP contribution is 2.26. The Morgan fingerprint density at radius 1 is 1.53 bits per heavy atom. The first-order chi connectivity index (χ1) is 7.15. The molecule has 0 aliphatic heterocycles. The zero-order valence-corrected chi connectivity index (χ0v) is 9.59. The maximum atomic E-state index is 9.36. The summed E-state index contributed by atoms with van der Waals surface area (Å²) in [6, 6.07) is 5.47. The van der Waals surface area contributed by atoms with Crippen LogP contribution in [0, 0.1) is 0 Å². The zero-order valence-electron chi connectivity index (χ0n) is 8.83. The molecule has 0 radical (unpaired) electrons. The molecular weight excluding hydrogens is 212 g/mol. The van der Waals surface area contributed by atoms with Gasteiger partial charge in [0.1, 0.15) is 0 Å². The Kier molecular flexibility index (Phi) is 4.72. The molecule has 1 rings (SSSR count). The summed E-state index contributed by atoms with van der Waals surface area (Å²) in [7, 11) is 0. The minimum absolute atomic E-state index is 0.252. The molecule has 1 atom stereocenters. The number of anilines is 2. The van der Waals surface area contributed by atoms with Gasteiger partial charge in [-0.3, -0.25) is 0 Å². The summed E-state index contributed by atoms with van der Waals surface area (Å²) in [6.07, 6.45) is 1.23. The molecule has 1 aromatic rings. The van der Waals surface area contributed by atoms with Crippen LogP contribution in [0.25, 0.3) is 0 Å². The number of para-hydroxylation sites is 1. The van der Waals surface area contributed by atoms with Crippen molar-refractivity contribution in [2.45, 2.75) is 25.9 Å². The van der Waals surface area contributed by atoms with E-state index in [4.69, 9.17) is 17.3 Å². The molecule has 15 heavy (non-hydrogen) atoms. The second-order valence-electron chi connectivity index (χ2n) is 3.48. The molecule has 0 bridgehead atoms. The maximum absolute atomic E-state index is 9.36. The van der Waals surface area contributed by atoms with Crippen molar-refractivity contribution in [1.82, 2.24) is 0 Å². The lowest BCUT2D eigenvalue weighted by molar-refractivity contribution is 0.164. The van der Waals surface area contributed by atoms with Crippen LogP contribution in [0.2, 0.25) is 5.02 Å². The van der Waals surface area contributed by atoms with Gasteiger partial charge in [0.05, 0.1) is 22.5 Å². The fourth-order valence-corrected chi connectivity index (χ4v) is 1.44. The molecule has 1 unspecified atom stereocenters. The smallest absolute Gasteiger partial charge is 0.0739 e. The van der Waals surface area contributed by atoms with Gasteiger partial charge in [-0.05, 0) is 25.0 Å². The predicted molar refractivity (Wildman–Crippen MR) is 65.3 cm³/mol. The normalized spacial score (nSPS) is 12.5. The molecule has 0 saturated heterocycles. The molecule has 3 nitrogen and oxygen atoms in total. The van der Waals surface area contributed by atoms with Gasteiger partial charge in [0.25, 0.3) is 0 Å². The first kappa shape index (κ1) is 12.1. The van der Waals surface area contributed by atoms with E-state index in [1.807, 2.05) is 19.1 Å². The summed E-state index contributed by atoms with van der Waals surface area (Å²) in [5, 5.41) is 13.1. The van der Waals surface area contributed by atoms with Gasteiger partial charge >= 0.3 is 0 Å². The molecule has 1 aromatic carbocycles. The number of halogens is 1. The van der Waals surface area contributed by atoms with E-state index in [0.29, 0.717) is 23.7 Å². The van der Waals surface area contributed by atoms with E-state index in [1.54, 1.807) is 6.07 Å². The lowest BCUT2D eigenvalue weighted by Gasteiger charge is -2.12. The molecular formula is C11H17ClN2O. The Bertz CT molecular complexity index is 317. The number of aliphatic hydroxyl groups is 1. The highest BCUT2D eigenvalue weighted by atomic mass is 35.5. The molecule has 4 N–H and O–H groups in total. The third-order valence-corrected chi connectivity index (χ3v) is 2.65. The van der Waals surface area contributed by atoms with E-state index in [9.17, 15) is 5.11 Å². The highest BCUT2D eigenvalue weighted by Gasteiger charge is 2.03. The zero-order chi connectivity index (χ0) is 11.3. The molecule has 0 saturated carbocycles. The van der Waals surface area contributed by atoms with E-state index in [0.717, 1.165) is 12.1 Å². The number of rotatable bonds is 5. The van der Waals surface area contributed by atoms with Crippen molar-refractivity contribution >= 4 is 23.0 Å². The molecule has 0 fully saturated rings. The van der Waals surface area contributed by atoms with E-state index in [-0.39, 0.29) is 6.10 Å². The van der Waals surface area contributed by atoms with E-state index >= 15 is 0 Å². The molecule has 0 spiro atoms. The molecule has 0 amide bonds. The summed E-state index contributed by atoms with van der Waals surface area (Å²) in [6.45, 7) is 2.65. The minimum atomic E-state index is -0.252. The van der Waals surface area contributed by atoms with Gasteiger partial charge in [0, 0.05) is 6.54 Å². The SMILES string of the molecule is CCC(O)CCNc1cccc(Cl)c1N. The van der Waals surface area contributed by atoms with Crippen LogP contribution in [0.4, 0.5) is 11.4 Å². The molecule has 4 heteroatoms. The first-order valence-electron chi connectivity index (χ1n) is 5.11. The Morgan fingerprint density at radius 2 is 2.27 bits per heavy atom. The van der Waals surface area contributed by atoms with Crippen molar-refractivity contribution in [3.05, 3.63) is 23.2 Å². The van der Waals surface area contributed by atoms with E-state index < -0.39 is 0 Å². The van der Waals surface area contributed by atoms with Crippen LogP contribution < -0.4 is 11.1 Å². The molecule has 0 aliphatic carbocycles. The van der Waals surface area contributed by atoms with Crippen LogP contribution >= 0.6 is 11.6 Å². The molecule has 0 aromatic heterocycles. The van der Waals surface area contributed by atoms with Crippen LogP contribution in [0.5, 0.6) is 0 Å². The standard InChI is InChI=1S/C11H17ClN2O/c1-2-8(15)6-7-14-10-5-3-4-9(12)11(10)13/h3-5,8,14-15H,2,6-7,13H2,1H3. The fraction of sp³-hybridized carbons (Fsp3) is 0.455. The topological polar surface area (TPSA) is 58.3 Å². The minimum Gasteiger partial charge on any atom is -0.396 e. The fourth-order valence-electron chi connectivity index (χ4n) is 1.27. The monoisotopic (exact) mass is 228 g/mol. The Balaban J connectivity index is 2.47. The van der Waals surface area contributed by atoms with Crippen molar-refractivity contribution in [3.8, 4) is 0 Å². The van der Waals surface area contributed by atoms with Crippen LogP contribution in [-0.2, 0) is 0 Å². The number of benzene rings is 1. The summed E-state index contributed by atoms with van der Waals surface area (Å²) in [5.41, 5.74) is 7.16. The lowest BCUT2D eigenvalue weighted by Crippen LogP contribution is -2.13. The Morgan fingerprint density at radius 3 is 2.93 bits per heavy atom. The summed E-state index contributed by atoms with van der Waals surface area (Å²) in [5.74, 6) is 0. The number of nitrogens with one attached hydrogen (secondary N) is 1. The quantitative estimate of drug-likeness (QED) is 0.679. The lowest BCUT2D eigenvalue weighted by atomic mass is 10.2. The van der Waals surface area contributed by atoms with E-state index in [1.165, 1.54) is 0 Å². The van der Waals surface area contributed by atoms with Crippen molar-refractivity contribution < 1.29 is 5.11 Å². The third kappa shape index (κ3) is 3.61. The van der Waals surface area contributed by atoms with Crippen LogP contribution in [0.1, 0.15) is 19.8 Å². The highest BCUT2D eigenvalue weighted by molar-refractivity contribution is 6.33. The number of hydrogen-bond donors (Lipinski definition) is 3. The number of hydrogen-bond acceptors (Lipinski definition) is 3. The maximum Gasteiger partial charge on any atom is 0.0739 e. The molecule has 0 heterocycles. The van der Waals surface area contributed by atoms with Gasteiger partial charge < -0.3 is 16.2 Å². The van der Waals surface area contributed by atoms with Gasteiger partial charge in [-0.15, -0.1) is 0 Å². The van der Waals surface area contributed by atoms with Gasteiger partial charge in [-0.25, -0.2) is 0 Å². The Labute approximate surface area is 95.2 Å². The molecule has 84 valence electrons. The predicted octanol–water partition coefficient (Wildman–Crippen LogP) is 2.50. The second kappa shape index (κ2) is 5.83. The number of aliphatic hydroxyl groups excluding tert-OH is 1. The third-order valence-electron chi connectivity index (χ3n) is 2.32. The van der Waals surface area contributed by atoms with Crippen molar-refractivity contribution in [2.75, 3.05) is 17.6 Å². The van der Waals surface area contributed by atoms with Crippen molar-refractivity contribution in [2.24, 2.45) is 0 Å². The van der Waals surface area contributed by atoms with Gasteiger partial charge in [0.15, 0.2) is 0 Å². The van der Waals surface area contributed by atoms with Gasteiger partial charge in [-0.1, -0.05) is 24.6 Å². The number of nitrogen functional groups attached to an aromatic ring is 1. The largest absolute Gasteiger partial charge is 0.396 e. The average molecular weight is 229 g/mol. The van der Waals surface area contributed by atoms with Gasteiger partial charge in [0.2, 0.25) is 0 Å². The Hall–Kier alpha value is -0.930. The first-order valence-corrected chi connectivity index (χ1v) is 5.48. The summed E-state index contributed by atoms with van der Waals surface area (Å²) >= 11 is 5.87. The van der Waals surface area contributed by atoms with Crippen LogP contribution in [0.3, 0.4) is 0 Å². The summed E-state index contributed by atoms with van der Waals surface area (Å²) < 4.78 is 0. The molecule has 0 aliphatic rings. The van der Waals surface area contributed by atoms with Crippen molar-refractivity contribution in [1.29, 1.82) is 0 Å².